The van der Waals surface area contributed by atoms with E-state index in [2.05, 4.69) is 0 Å². The normalized spacial score (nSPS) is 5.65. The summed E-state index contributed by atoms with van der Waals surface area (Å²) < 4.78 is 0. The SMILES string of the molecule is O=[N+]([O-])O.O=[N+]([O-])[O-].O=[N+]([O-])[O-].O=[N+]([O-])[O-].[Ce+3]. The Balaban J connectivity index is -0.0000000369. The second kappa shape index (κ2) is 23.8. The van der Waals surface area contributed by atoms with Crippen LogP contribution >= 0.6 is 0 Å². The van der Waals surface area contributed by atoms with Crippen molar-refractivity contribution >= 4 is 0 Å². The van der Waals surface area contributed by atoms with E-state index in [0.29, 0.717) is 0 Å². The molecule has 17 heavy (non-hydrogen) atoms. The Morgan fingerprint density at radius 3 is 0.588 bits per heavy atom. The maximum atomic E-state index is 8.36. The number of rotatable bonds is 0. The zero-order valence-corrected chi connectivity index (χ0v) is 10.4. The molecule has 0 aliphatic rings. The molecule has 0 aromatic rings. The molecular weight excluding hydrogens is 388 g/mol. The maximum Gasteiger partial charge on any atom is 3.00 e. The van der Waals surface area contributed by atoms with Crippen LogP contribution in [0.5, 0.6) is 0 Å². The fourth-order valence-electron chi connectivity index (χ4n) is 0. The van der Waals surface area contributed by atoms with Crippen molar-refractivity contribution in [1.29, 1.82) is 0 Å². The van der Waals surface area contributed by atoms with E-state index in [0.717, 1.165) is 0 Å². The van der Waals surface area contributed by atoms with Crippen LogP contribution < -0.4 is 0 Å². The van der Waals surface area contributed by atoms with E-state index < -0.39 is 20.3 Å². The molecule has 0 saturated carbocycles. The molecule has 1 N–H and O–H groups in total. The summed E-state index contributed by atoms with van der Waals surface area (Å²) in [6, 6.07) is 0. The van der Waals surface area contributed by atoms with Crippen LogP contribution in [0.1, 0.15) is 0 Å². The molecule has 0 aromatic carbocycles. The molecule has 0 unspecified atom stereocenters. The zero-order valence-electron chi connectivity index (χ0n) is 7.23. The van der Waals surface area contributed by atoms with E-state index in [1.165, 1.54) is 0 Å². The molecule has 1 radical (unpaired) electrons. The zero-order chi connectivity index (χ0) is 14.3. The predicted molar refractivity (Wildman–Crippen MR) is 39.9 cm³/mol. The van der Waals surface area contributed by atoms with Crippen molar-refractivity contribution in [2.45, 2.75) is 0 Å². The predicted octanol–water partition coefficient (Wildman–Crippen LogP) is -1.06. The van der Waals surface area contributed by atoms with E-state index in [1.54, 1.807) is 0 Å². The average Bonchev–Trinajstić information content (AvgIpc) is 1.76. The number of nitrogens with zero attached hydrogens (tertiary/aromatic N) is 4. The van der Waals surface area contributed by atoms with Crippen molar-refractivity contribution in [2.24, 2.45) is 0 Å². The Morgan fingerprint density at radius 1 is 0.588 bits per heavy atom. The summed E-state index contributed by atoms with van der Waals surface area (Å²) in [5.41, 5.74) is 0. The first-order chi connectivity index (χ1) is 6.93. The van der Waals surface area contributed by atoms with Crippen molar-refractivity contribution in [2.75, 3.05) is 0 Å². The van der Waals surface area contributed by atoms with E-state index in [-0.39, 0.29) is 41.7 Å². The molecule has 97 valence electrons. The monoisotopic (exact) mass is 389 g/mol. The van der Waals surface area contributed by atoms with Gasteiger partial charge in [-0.1, -0.05) is 0 Å². The Morgan fingerprint density at radius 2 is 0.588 bits per heavy atom. The molecular formula is HCeN4O12. The molecule has 0 amide bonds. The minimum atomic E-state index is -1.75. The van der Waals surface area contributed by atoms with Gasteiger partial charge in [0.2, 0.25) is 0 Å². The van der Waals surface area contributed by atoms with Crippen molar-refractivity contribution in [3.05, 3.63) is 56.1 Å². The van der Waals surface area contributed by atoms with Crippen LogP contribution in [0.2, 0.25) is 0 Å². The molecule has 16 nitrogen and oxygen atoms in total. The van der Waals surface area contributed by atoms with Gasteiger partial charge in [-0.25, -0.2) is 0 Å². The summed E-state index contributed by atoms with van der Waals surface area (Å²) in [6.07, 6.45) is 0. The fourth-order valence-corrected chi connectivity index (χ4v) is 0. The quantitative estimate of drug-likeness (QED) is 0.383. The molecule has 0 atom stereocenters. The summed E-state index contributed by atoms with van der Waals surface area (Å²) in [4.78, 5) is 33.1. The van der Waals surface area contributed by atoms with Crippen LogP contribution in [0.15, 0.2) is 0 Å². The van der Waals surface area contributed by atoms with Gasteiger partial charge in [0.25, 0.3) is 5.09 Å². The molecule has 0 aliphatic carbocycles. The first-order valence-electron chi connectivity index (χ1n) is 2.21. The first-order valence-corrected chi connectivity index (χ1v) is 2.21. The molecule has 0 spiro atoms. The van der Waals surface area contributed by atoms with E-state index in [1.807, 2.05) is 0 Å². The first kappa shape index (κ1) is 29.5. The molecule has 0 aromatic heterocycles. The minimum absolute atomic E-state index is 0. The molecule has 0 bridgehead atoms. The summed E-state index contributed by atoms with van der Waals surface area (Å²) >= 11 is 0. The van der Waals surface area contributed by atoms with Gasteiger partial charge in [0, 0.05) is 0 Å². The van der Waals surface area contributed by atoms with Gasteiger partial charge < -0.3 is 51.2 Å². The molecule has 0 heterocycles. The molecule has 0 aliphatic heterocycles. The smallest absolute Gasteiger partial charge is 0.356 e. The third kappa shape index (κ3) is 632. The third-order valence-corrected chi connectivity index (χ3v) is 0. The largest absolute Gasteiger partial charge is 3.00 e. The maximum absolute atomic E-state index is 8.36. The molecule has 17 heteroatoms. The van der Waals surface area contributed by atoms with Gasteiger partial charge >= 0.3 is 41.7 Å². The van der Waals surface area contributed by atoms with Gasteiger partial charge in [-0.2, -0.15) is 0 Å². The van der Waals surface area contributed by atoms with Crippen molar-refractivity contribution < 1.29 is 67.3 Å². The van der Waals surface area contributed by atoms with Gasteiger partial charge in [0.05, 0.1) is 15.3 Å². The minimum Gasteiger partial charge on any atom is -0.356 e. The third-order valence-electron chi connectivity index (χ3n) is 0. The van der Waals surface area contributed by atoms with E-state index in [4.69, 9.17) is 61.3 Å². The van der Waals surface area contributed by atoms with Crippen LogP contribution in [0.25, 0.3) is 0 Å². The van der Waals surface area contributed by atoms with Crippen molar-refractivity contribution in [3.8, 4) is 0 Å². The average molecular weight is 389 g/mol. The van der Waals surface area contributed by atoms with Crippen molar-refractivity contribution in [1.82, 2.24) is 0 Å². The van der Waals surface area contributed by atoms with Crippen LogP contribution in [-0.2, 0) is 0 Å². The summed E-state index contributed by atoms with van der Waals surface area (Å²) in [6.45, 7) is 0. The van der Waals surface area contributed by atoms with Gasteiger partial charge in [0.15, 0.2) is 0 Å². The van der Waals surface area contributed by atoms with Crippen LogP contribution in [0.4, 0.5) is 0 Å². The van der Waals surface area contributed by atoms with E-state index in [9.17, 15) is 0 Å². The van der Waals surface area contributed by atoms with Gasteiger partial charge in [-0.05, 0) is 0 Å². The van der Waals surface area contributed by atoms with Crippen molar-refractivity contribution in [3.63, 3.8) is 0 Å². The standard InChI is InChI=1S/Ce.HNO3.3NO3/c;4*2-1(3)4/h;(H,2,3,4);;;/q+3;;3*-1. The Bertz CT molecular complexity index is 159. The van der Waals surface area contributed by atoms with Gasteiger partial charge in [0.1, 0.15) is 0 Å². The van der Waals surface area contributed by atoms with Crippen LogP contribution in [0.3, 0.4) is 0 Å². The molecule has 0 fully saturated rings. The summed E-state index contributed by atoms with van der Waals surface area (Å²) in [7, 11) is 0. The summed E-state index contributed by atoms with van der Waals surface area (Å²) in [5, 5.41) is 57.9. The van der Waals surface area contributed by atoms with Crippen LogP contribution in [0, 0.1) is 97.8 Å². The Labute approximate surface area is 123 Å². The van der Waals surface area contributed by atoms with Gasteiger partial charge in [-0.3, -0.25) is 0 Å². The second-order valence-corrected chi connectivity index (χ2v) is 0.909. The molecule has 0 rings (SSSR count). The van der Waals surface area contributed by atoms with E-state index >= 15 is 0 Å². The number of hydrogen-bond acceptors (Lipinski definition) is 11. The van der Waals surface area contributed by atoms with Gasteiger partial charge in [-0.15, -0.1) is 10.1 Å². The Kier molecular flexibility index (Phi) is 41.2. The summed E-state index contributed by atoms with van der Waals surface area (Å²) in [5.74, 6) is 0. The fraction of sp³-hybridized carbons (Fsp3) is 0. The second-order valence-electron chi connectivity index (χ2n) is 0.909. The Hall–Kier alpha value is -1.82. The van der Waals surface area contributed by atoms with Crippen LogP contribution in [-0.4, -0.2) is 25.6 Å². The topological polar surface area (TPSA) is 262 Å². The number of hydrogen-bond donors (Lipinski definition) is 1. The molecule has 0 saturated heterocycles.